The van der Waals surface area contributed by atoms with Gasteiger partial charge >= 0.3 is 0 Å². The topological polar surface area (TPSA) is 28.2 Å². The van der Waals surface area contributed by atoms with E-state index in [4.69, 9.17) is 4.98 Å². The number of rotatable bonds is 4. The van der Waals surface area contributed by atoms with E-state index >= 15 is 0 Å². The van der Waals surface area contributed by atoms with E-state index in [1.165, 1.54) is 67.3 Å². The highest BCUT2D eigenvalue weighted by atomic mass is 32.1. The maximum Gasteiger partial charge on any atom is 0.185 e. The Hall–Kier alpha value is -0.610. The predicted molar refractivity (Wildman–Crippen MR) is 86.6 cm³/mol. The summed E-state index contributed by atoms with van der Waals surface area (Å²) in [5, 5.41) is 4.96. The van der Waals surface area contributed by atoms with Crippen molar-refractivity contribution in [3.63, 3.8) is 0 Å². The molecular formula is C16H27N3S. The fourth-order valence-corrected chi connectivity index (χ4v) is 4.49. The predicted octanol–water partition coefficient (Wildman–Crippen LogP) is 3.72. The molecule has 1 unspecified atom stereocenters. The van der Waals surface area contributed by atoms with Crippen LogP contribution in [0.25, 0.3) is 0 Å². The Morgan fingerprint density at radius 1 is 1.25 bits per heavy atom. The van der Waals surface area contributed by atoms with Gasteiger partial charge in [0.1, 0.15) is 0 Å². The maximum absolute atomic E-state index is 4.82. The summed E-state index contributed by atoms with van der Waals surface area (Å²) in [6.45, 7) is 7.90. The Morgan fingerprint density at radius 2 is 2.05 bits per heavy atom. The fourth-order valence-electron chi connectivity index (χ4n) is 3.44. The van der Waals surface area contributed by atoms with Crippen LogP contribution in [-0.2, 0) is 6.54 Å². The van der Waals surface area contributed by atoms with Gasteiger partial charge < -0.3 is 10.2 Å². The minimum atomic E-state index is 0.745. The molecule has 4 heteroatoms. The van der Waals surface area contributed by atoms with Crippen molar-refractivity contribution >= 4 is 16.5 Å². The number of nitrogens with zero attached hydrogens (tertiary/aromatic N) is 2. The number of aryl methyl sites for hydroxylation is 1. The molecular weight excluding hydrogens is 266 g/mol. The van der Waals surface area contributed by atoms with Crippen LogP contribution in [0.2, 0.25) is 0 Å². The van der Waals surface area contributed by atoms with Crippen LogP contribution in [0.5, 0.6) is 0 Å². The van der Waals surface area contributed by atoms with Crippen molar-refractivity contribution in [1.82, 2.24) is 10.3 Å². The molecule has 1 aromatic rings. The highest BCUT2D eigenvalue weighted by Gasteiger charge is 2.21. The molecule has 0 amide bonds. The van der Waals surface area contributed by atoms with E-state index in [1.54, 1.807) is 0 Å². The van der Waals surface area contributed by atoms with Crippen LogP contribution in [0, 0.1) is 12.8 Å². The number of anilines is 1. The molecule has 1 saturated heterocycles. The third-order valence-electron chi connectivity index (χ3n) is 4.72. The molecule has 20 heavy (non-hydrogen) atoms. The Bertz CT molecular complexity index is 437. The summed E-state index contributed by atoms with van der Waals surface area (Å²) in [5.74, 6) is 0.813. The van der Waals surface area contributed by atoms with Gasteiger partial charge in [0, 0.05) is 30.6 Å². The monoisotopic (exact) mass is 293 g/mol. The highest BCUT2D eigenvalue weighted by Crippen LogP contribution is 2.30. The number of piperidine rings is 1. The van der Waals surface area contributed by atoms with E-state index in [0.717, 1.165) is 18.5 Å². The van der Waals surface area contributed by atoms with Crippen molar-refractivity contribution in [2.24, 2.45) is 5.92 Å². The molecule has 2 fully saturated rings. The lowest BCUT2D eigenvalue weighted by Gasteiger charge is -2.30. The number of thiazole rings is 1. The van der Waals surface area contributed by atoms with Gasteiger partial charge in [-0.3, -0.25) is 0 Å². The molecule has 3 rings (SSSR count). The molecule has 0 aromatic carbocycles. The molecule has 1 atom stereocenters. The molecule has 1 aliphatic carbocycles. The van der Waals surface area contributed by atoms with Gasteiger partial charge in [0.05, 0.1) is 5.69 Å². The highest BCUT2D eigenvalue weighted by molar-refractivity contribution is 7.15. The zero-order valence-electron chi connectivity index (χ0n) is 12.8. The Kier molecular flexibility index (Phi) is 4.61. The van der Waals surface area contributed by atoms with E-state index in [1.807, 2.05) is 11.3 Å². The summed E-state index contributed by atoms with van der Waals surface area (Å²) in [4.78, 5) is 8.74. The van der Waals surface area contributed by atoms with E-state index in [9.17, 15) is 0 Å². The molecule has 2 aliphatic rings. The lowest BCUT2D eigenvalue weighted by atomic mass is 10.0. The third kappa shape index (κ3) is 3.34. The number of hydrogen-bond acceptors (Lipinski definition) is 4. The second-order valence-corrected chi connectivity index (χ2v) is 7.62. The summed E-state index contributed by atoms with van der Waals surface area (Å²) in [6, 6.07) is 0.745. The fraction of sp³-hybridized carbons (Fsp3) is 0.812. The van der Waals surface area contributed by atoms with Crippen molar-refractivity contribution < 1.29 is 0 Å². The molecule has 3 nitrogen and oxygen atoms in total. The lowest BCUT2D eigenvalue weighted by molar-refractivity contribution is 0.446. The van der Waals surface area contributed by atoms with Crippen molar-refractivity contribution in [2.75, 3.05) is 18.0 Å². The Morgan fingerprint density at radius 3 is 2.80 bits per heavy atom. The number of aromatic nitrogens is 1. The summed E-state index contributed by atoms with van der Waals surface area (Å²) < 4.78 is 0. The molecule has 112 valence electrons. The van der Waals surface area contributed by atoms with Crippen LogP contribution in [0.3, 0.4) is 0 Å². The first kappa shape index (κ1) is 14.3. The zero-order chi connectivity index (χ0) is 13.9. The Labute approximate surface area is 126 Å². The molecule has 0 spiro atoms. The smallest absolute Gasteiger partial charge is 0.185 e. The van der Waals surface area contributed by atoms with Crippen LogP contribution in [0.15, 0.2) is 0 Å². The minimum Gasteiger partial charge on any atom is -0.348 e. The van der Waals surface area contributed by atoms with Gasteiger partial charge in [-0.1, -0.05) is 19.8 Å². The van der Waals surface area contributed by atoms with E-state index in [-0.39, 0.29) is 0 Å². The quantitative estimate of drug-likeness (QED) is 0.917. The van der Waals surface area contributed by atoms with E-state index in [2.05, 4.69) is 24.1 Å². The molecule has 1 aliphatic heterocycles. The molecule has 1 aromatic heterocycles. The van der Waals surface area contributed by atoms with Crippen LogP contribution in [0.4, 0.5) is 5.13 Å². The van der Waals surface area contributed by atoms with Crippen LogP contribution >= 0.6 is 11.3 Å². The van der Waals surface area contributed by atoms with Gasteiger partial charge in [-0.05, 0) is 38.5 Å². The van der Waals surface area contributed by atoms with Gasteiger partial charge in [-0.25, -0.2) is 4.98 Å². The first-order valence-electron chi connectivity index (χ1n) is 8.17. The van der Waals surface area contributed by atoms with Crippen LogP contribution < -0.4 is 10.2 Å². The molecule has 2 heterocycles. The summed E-state index contributed by atoms with van der Waals surface area (Å²) in [6.07, 6.45) is 8.20. The second-order valence-electron chi connectivity index (χ2n) is 6.56. The van der Waals surface area contributed by atoms with Gasteiger partial charge in [-0.15, -0.1) is 11.3 Å². The average Bonchev–Trinajstić information content (AvgIpc) is 3.06. The van der Waals surface area contributed by atoms with Crippen LogP contribution in [0.1, 0.15) is 56.0 Å². The van der Waals surface area contributed by atoms with Gasteiger partial charge in [0.2, 0.25) is 0 Å². The van der Waals surface area contributed by atoms with Crippen molar-refractivity contribution in [3.8, 4) is 0 Å². The van der Waals surface area contributed by atoms with Gasteiger partial charge in [0.15, 0.2) is 5.13 Å². The normalized spacial score (nSPS) is 24.5. The first-order valence-corrected chi connectivity index (χ1v) is 8.98. The Balaban J connectivity index is 1.61. The second kappa shape index (κ2) is 6.44. The SMILES string of the molecule is Cc1nc(N2CCCC(C)C2)sc1CNC1CCCC1. The van der Waals surface area contributed by atoms with E-state index in [0.29, 0.717) is 0 Å². The summed E-state index contributed by atoms with van der Waals surface area (Å²) in [5.41, 5.74) is 1.23. The molecule has 1 saturated carbocycles. The third-order valence-corrected chi connectivity index (χ3v) is 5.93. The summed E-state index contributed by atoms with van der Waals surface area (Å²) in [7, 11) is 0. The van der Waals surface area contributed by atoms with Crippen molar-refractivity contribution in [1.29, 1.82) is 0 Å². The maximum atomic E-state index is 4.82. The number of nitrogens with one attached hydrogen (secondary N) is 1. The standard InChI is InChI=1S/C16H27N3S/c1-12-6-5-9-19(11-12)16-18-13(2)15(20-16)10-17-14-7-3-4-8-14/h12,14,17H,3-11H2,1-2H3. The number of hydrogen-bond donors (Lipinski definition) is 1. The minimum absolute atomic E-state index is 0.745. The van der Waals surface area contributed by atoms with Crippen molar-refractivity contribution in [3.05, 3.63) is 10.6 Å². The zero-order valence-corrected chi connectivity index (χ0v) is 13.6. The van der Waals surface area contributed by atoms with Crippen molar-refractivity contribution in [2.45, 2.75) is 65.0 Å². The lowest BCUT2D eigenvalue weighted by Crippen LogP contribution is -2.34. The summed E-state index contributed by atoms with van der Waals surface area (Å²) >= 11 is 1.90. The van der Waals surface area contributed by atoms with Gasteiger partial charge in [0.25, 0.3) is 0 Å². The van der Waals surface area contributed by atoms with Gasteiger partial charge in [-0.2, -0.15) is 0 Å². The van der Waals surface area contributed by atoms with E-state index < -0.39 is 0 Å². The molecule has 1 N–H and O–H groups in total. The largest absolute Gasteiger partial charge is 0.348 e. The molecule has 0 bridgehead atoms. The van der Waals surface area contributed by atoms with Crippen LogP contribution in [-0.4, -0.2) is 24.1 Å². The molecule has 0 radical (unpaired) electrons. The first-order chi connectivity index (χ1) is 9.72. The average molecular weight is 293 g/mol.